The minimum absolute atomic E-state index is 0.0257. The van der Waals surface area contributed by atoms with Crippen molar-refractivity contribution in [1.82, 2.24) is 19.5 Å². The third-order valence-electron chi connectivity index (χ3n) is 5.31. The molecule has 1 aromatic carbocycles. The number of aliphatic hydroxyl groups is 1. The molecule has 12 heteroatoms. The van der Waals surface area contributed by atoms with Crippen molar-refractivity contribution in [3.63, 3.8) is 0 Å². The van der Waals surface area contributed by atoms with Crippen molar-refractivity contribution in [1.29, 1.82) is 0 Å². The van der Waals surface area contributed by atoms with Gasteiger partial charge in [0.2, 0.25) is 17.5 Å². The van der Waals surface area contributed by atoms with E-state index in [1.807, 2.05) is 30.3 Å². The van der Waals surface area contributed by atoms with Gasteiger partial charge < -0.3 is 19.3 Å². The quantitative estimate of drug-likeness (QED) is 0.429. The van der Waals surface area contributed by atoms with Crippen molar-refractivity contribution in [3.05, 3.63) is 52.6 Å². The van der Waals surface area contributed by atoms with Crippen LogP contribution in [0.5, 0.6) is 0 Å². The van der Waals surface area contributed by atoms with Gasteiger partial charge >= 0.3 is 5.97 Å². The highest BCUT2D eigenvalue weighted by molar-refractivity contribution is 5.87. The zero-order chi connectivity index (χ0) is 23.6. The fourth-order valence-corrected chi connectivity index (χ4v) is 3.76. The van der Waals surface area contributed by atoms with E-state index in [1.165, 1.54) is 24.9 Å². The highest BCUT2D eigenvalue weighted by Gasteiger charge is 2.56. The SMILES string of the molecule is COC(=O)[C@]1(COCc2ccccc2)O[C@@H](n2cnc3nc(NC(C)=O)[nH]c(=O)c32)C[C@@H]1O. The van der Waals surface area contributed by atoms with Gasteiger partial charge in [-0.15, -0.1) is 0 Å². The number of hydrogen-bond donors (Lipinski definition) is 3. The second-order valence-electron chi connectivity index (χ2n) is 7.60. The molecule has 3 heterocycles. The van der Waals surface area contributed by atoms with Crippen molar-refractivity contribution in [3.8, 4) is 0 Å². The summed E-state index contributed by atoms with van der Waals surface area (Å²) in [5.74, 6) is -1.25. The first-order chi connectivity index (χ1) is 15.8. The standard InChI is InChI=1S/C21H23N5O7/c1-12(27)23-20-24-17-16(18(29)25-20)26(11-22-17)15-8-14(28)21(33-15,19(30)31-2)10-32-9-13-6-4-3-5-7-13/h3-7,11,14-15,28H,8-10H2,1-2H3,(H2,23,24,25,27,29)/t14-,15+,21+/m0/s1. The van der Waals surface area contributed by atoms with Crippen LogP contribution in [0.3, 0.4) is 0 Å². The van der Waals surface area contributed by atoms with Crippen molar-refractivity contribution >= 4 is 29.0 Å². The van der Waals surface area contributed by atoms with Crippen LogP contribution in [0.15, 0.2) is 41.5 Å². The predicted molar refractivity (Wildman–Crippen MR) is 114 cm³/mol. The highest BCUT2D eigenvalue weighted by Crippen LogP contribution is 2.39. The fourth-order valence-electron chi connectivity index (χ4n) is 3.76. The van der Waals surface area contributed by atoms with Gasteiger partial charge in [0.15, 0.2) is 11.2 Å². The van der Waals surface area contributed by atoms with Crippen molar-refractivity contribution < 1.29 is 28.9 Å². The molecule has 0 saturated carbocycles. The number of methoxy groups -OCH3 is 1. The number of esters is 1. The number of aromatic nitrogens is 4. The number of nitrogens with zero attached hydrogens (tertiary/aromatic N) is 3. The molecule has 3 aromatic rings. The van der Waals surface area contributed by atoms with E-state index in [0.29, 0.717) is 0 Å². The summed E-state index contributed by atoms with van der Waals surface area (Å²) in [6, 6.07) is 9.33. The number of carbonyl (C=O) groups is 2. The van der Waals surface area contributed by atoms with Gasteiger partial charge in [-0.1, -0.05) is 30.3 Å². The van der Waals surface area contributed by atoms with E-state index in [0.717, 1.165) is 5.56 Å². The molecule has 1 amide bonds. The number of amides is 1. The monoisotopic (exact) mass is 457 g/mol. The molecule has 0 unspecified atom stereocenters. The number of benzene rings is 1. The Kier molecular flexibility index (Phi) is 6.22. The molecule has 3 N–H and O–H groups in total. The van der Waals surface area contributed by atoms with Crippen LogP contribution in [-0.2, 0) is 30.4 Å². The lowest BCUT2D eigenvalue weighted by Gasteiger charge is -2.29. The number of hydrogen-bond acceptors (Lipinski definition) is 9. The number of fused-ring (bicyclic) bond motifs is 1. The molecule has 174 valence electrons. The Morgan fingerprint density at radius 3 is 2.82 bits per heavy atom. The number of anilines is 1. The smallest absolute Gasteiger partial charge is 0.343 e. The van der Waals surface area contributed by atoms with Crippen LogP contribution in [0.2, 0.25) is 0 Å². The van der Waals surface area contributed by atoms with Crippen LogP contribution in [0.25, 0.3) is 11.2 Å². The molecule has 4 rings (SSSR count). The molecule has 2 aromatic heterocycles. The predicted octanol–water partition coefficient (Wildman–Crippen LogP) is 0.486. The maximum atomic E-state index is 12.6. The van der Waals surface area contributed by atoms with E-state index in [9.17, 15) is 19.5 Å². The van der Waals surface area contributed by atoms with Crippen molar-refractivity contribution in [2.75, 3.05) is 19.0 Å². The van der Waals surface area contributed by atoms with Gasteiger partial charge in [0.1, 0.15) is 12.3 Å². The van der Waals surface area contributed by atoms with E-state index >= 15 is 0 Å². The minimum Gasteiger partial charge on any atom is -0.467 e. The van der Waals surface area contributed by atoms with E-state index < -0.39 is 35.4 Å². The van der Waals surface area contributed by atoms with Gasteiger partial charge in [-0.2, -0.15) is 4.98 Å². The third-order valence-corrected chi connectivity index (χ3v) is 5.31. The molecule has 0 radical (unpaired) electrons. The van der Waals surface area contributed by atoms with Crippen molar-refractivity contribution in [2.24, 2.45) is 0 Å². The lowest BCUT2D eigenvalue weighted by molar-refractivity contribution is -0.192. The van der Waals surface area contributed by atoms with Crippen LogP contribution in [0.1, 0.15) is 25.1 Å². The summed E-state index contributed by atoms with van der Waals surface area (Å²) in [4.78, 5) is 47.2. The van der Waals surface area contributed by atoms with Crippen LogP contribution >= 0.6 is 0 Å². The fraction of sp³-hybridized carbons (Fsp3) is 0.381. The molecule has 0 bridgehead atoms. The van der Waals surface area contributed by atoms with Crippen LogP contribution in [0, 0.1) is 0 Å². The average molecular weight is 457 g/mol. The maximum absolute atomic E-state index is 12.6. The zero-order valence-corrected chi connectivity index (χ0v) is 18.0. The Labute approximate surface area is 187 Å². The Hall–Kier alpha value is -3.61. The summed E-state index contributed by atoms with van der Waals surface area (Å²) >= 11 is 0. The summed E-state index contributed by atoms with van der Waals surface area (Å²) in [5, 5.41) is 13.2. The highest BCUT2D eigenvalue weighted by atomic mass is 16.6. The molecule has 1 aliphatic heterocycles. The molecular formula is C21H23N5O7. The van der Waals surface area contributed by atoms with E-state index in [4.69, 9.17) is 14.2 Å². The molecule has 1 aliphatic rings. The molecule has 12 nitrogen and oxygen atoms in total. The minimum atomic E-state index is -1.79. The number of nitrogens with one attached hydrogen (secondary N) is 2. The van der Waals surface area contributed by atoms with Crippen molar-refractivity contribution in [2.45, 2.75) is 37.9 Å². The molecular weight excluding hydrogens is 434 g/mol. The summed E-state index contributed by atoms with van der Waals surface area (Å²) in [6.45, 7) is 1.22. The second kappa shape index (κ2) is 9.10. The van der Waals surface area contributed by atoms with Crippen LogP contribution in [0.4, 0.5) is 5.95 Å². The Morgan fingerprint density at radius 2 is 2.12 bits per heavy atom. The Bertz CT molecular complexity index is 1220. The molecule has 0 aliphatic carbocycles. The van der Waals surface area contributed by atoms with Gasteiger partial charge in [0, 0.05) is 13.3 Å². The number of imidazole rings is 1. The van der Waals surface area contributed by atoms with E-state index in [1.54, 1.807) is 0 Å². The summed E-state index contributed by atoms with van der Waals surface area (Å²) in [6.07, 6.45) is -0.893. The molecule has 33 heavy (non-hydrogen) atoms. The molecule has 0 spiro atoms. The number of rotatable bonds is 7. The number of aromatic amines is 1. The molecule has 3 atom stereocenters. The number of carbonyl (C=O) groups excluding carboxylic acids is 2. The summed E-state index contributed by atoms with van der Waals surface area (Å²) < 4.78 is 17.9. The van der Waals surface area contributed by atoms with Gasteiger partial charge in [-0.05, 0) is 5.56 Å². The lowest BCUT2D eigenvalue weighted by Crippen LogP contribution is -2.52. The van der Waals surface area contributed by atoms with Crippen LogP contribution in [-0.4, -0.2) is 61.9 Å². The second-order valence-corrected chi connectivity index (χ2v) is 7.60. The van der Waals surface area contributed by atoms with Gasteiger partial charge in [0.05, 0.1) is 26.7 Å². The van der Waals surface area contributed by atoms with Crippen LogP contribution < -0.4 is 10.9 Å². The maximum Gasteiger partial charge on any atom is 0.343 e. The van der Waals surface area contributed by atoms with E-state index in [-0.39, 0.29) is 36.7 Å². The third kappa shape index (κ3) is 4.35. The zero-order valence-electron chi connectivity index (χ0n) is 18.0. The van der Waals surface area contributed by atoms with E-state index in [2.05, 4.69) is 20.3 Å². The normalized spacial score (nSPS) is 22.4. The average Bonchev–Trinajstić information content (AvgIpc) is 3.35. The van der Waals surface area contributed by atoms with Gasteiger partial charge in [-0.3, -0.25) is 24.5 Å². The topological polar surface area (TPSA) is 158 Å². The summed E-state index contributed by atoms with van der Waals surface area (Å²) in [5.41, 5.74) is -1.35. The molecule has 1 fully saturated rings. The molecule has 1 saturated heterocycles. The number of H-pyrrole nitrogens is 1. The number of ether oxygens (including phenoxy) is 3. The first kappa shape index (κ1) is 22.6. The largest absolute Gasteiger partial charge is 0.467 e. The van der Waals surface area contributed by atoms with Gasteiger partial charge in [0.25, 0.3) is 5.56 Å². The first-order valence-corrected chi connectivity index (χ1v) is 10.1. The summed E-state index contributed by atoms with van der Waals surface area (Å²) in [7, 11) is 1.19. The lowest BCUT2D eigenvalue weighted by atomic mass is 9.98. The number of aliphatic hydroxyl groups excluding tert-OH is 1. The first-order valence-electron chi connectivity index (χ1n) is 10.1. The Balaban J connectivity index is 1.60. The Morgan fingerprint density at radius 1 is 1.36 bits per heavy atom. The van der Waals surface area contributed by atoms with Gasteiger partial charge in [-0.25, -0.2) is 9.78 Å².